The number of rotatable bonds is 3. The summed E-state index contributed by atoms with van der Waals surface area (Å²) < 4.78 is 0. The van der Waals surface area contributed by atoms with Gasteiger partial charge in [-0.25, -0.2) is 0 Å². The van der Waals surface area contributed by atoms with Crippen LogP contribution in [0, 0.1) is 0 Å². The molecule has 0 amide bonds. The molecular weight excluding hydrogens is 236 g/mol. The Morgan fingerprint density at radius 2 is 1.21 bits per heavy atom. The molecule has 0 spiro atoms. The summed E-state index contributed by atoms with van der Waals surface area (Å²) in [6.07, 6.45) is 0. The largest absolute Gasteiger partial charge is 0.304 e. The first-order chi connectivity index (χ1) is 8.71. The first-order valence-electron chi connectivity index (χ1n) is 7.60. The lowest BCUT2D eigenvalue weighted by Crippen LogP contribution is -2.71. The number of hydrogen-bond acceptors (Lipinski definition) is 4. The lowest BCUT2D eigenvalue weighted by atomic mass is 10.1. The molecule has 1 aliphatic rings. The minimum atomic E-state index is -0.0103. The summed E-state index contributed by atoms with van der Waals surface area (Å²) in [4.78, 5) is 10.1. The molecule has 19 heavy (non-hydrogen) atoms. The second-order valence-electron chi connectivity index (χ2n) is 6.74. The minimum absolute atomic E-state index is 0.0103. The van der Waals surface area contributed by atoms with E-state index in [-0.39, 0.29) is 5.79 Å². The Balaban J connectivity index is 3.15. The van der Waals surface area contributed by atoms with Crippen molar-refractivity contribution in [2.24, 2.45) is 0 Å². The van der Waals surface area contributed by atoms with Gasteiger partial charge in [-0.1, -0.05) is 0 Å². The van der Waals surface area contributed by atoms with Crippen molar-refractivity contribution in [2.75, 3.05) is 47.3 Å². The zero-order chi connectivity index (χ0) is 14.8. The van der Waals surface area contributed by atoms with Gasteiger partial charge < -0.3 is 4.90 Å². The minimum Gasteiger partial charge on any atom is -0.304 e. The van der Waals surface area contributed by atoms with Gasteiger partial charge in [0.1, 0.15) is 5.79 Å². The van der Waals surface area contributed by atoms with Crippen LogP contribution in [-0.4, -0.2) is 84.8 Å². The quantitative estimate of drug-likeness (QED) is 0.772. The molecule has 0 bridgehead atoms. The fourth-order valence-corrected chi connectivity index (χ4v) is 3.27. The van der Waals surface area contributed by atoms with Crippen LogP contribution in [0.1, 0.15) is 34.6 Å². The van der Waals surface area contributed by atoms with E-state index in [0.29, 0.717) is 12.1 Å². The lowest BCUT2D eigenvalue weighted by molar-refractivity contribution is -0.172. The van der Waals surface area contributed by atoms with Gasteiger partial charge in [-0.2, -0.15) is 0 Å². The van der Waals surface area contributed by atoms with Gasteiger partial charge in [0.05, 0.1) is 0 Å². The Hall–Kier alpha value is -0.160. The van der Waals surface area contributed by atoms with Gasteiger partial charge in [-0.3, -0.25) is 14.7 Å². The van der Waals surface area contributed by atoms with Crippen molar-refractivity contribution in [1.29, 1.82) is 0 Å². The molecule has 1 aliphatic heterocycles. The van der Waals surface area contributed by atoms with Crippen LogP contribution in [-0.2, 0) is 0 Å². The average Bonchev–Trinajstić information content (AvgIpc) is 2.25. The summed E-state index contributed by atoms with van der Waals surface area (Å²) in [6.45, 7) is 16.1. The van der Waals surface area contributed by atoms with Gasteiger partial charge in [-0.05, 0) is 55.8 Å². The fraction of sp³-hybridized carbons (Fsp3) is 1.00. The van der Waals surface area contributed by atoms with Crippen LogP contribution in [0.25, 0.3) is 0 Å². The summed E-state index contributed by atoms with van der Waals surface area (Å²) in [6, 6.07) is 1.08. The molecule has 1 rings (SSSR count). The van der Waals surface area contributed by atoms with Crippen LogP contribution in [0.2, 0.25) is 0 Å². The van der Waals surface area contributed by atoms with Crippen LogP contribution in [0.4, 0.5) is 0 Å². The molecule has 0 aliphatic carbocycles. The van der Waals surface area contributed by atoms with E-state index >= 15 is 0 Å². The summed E-state index contributed by atoms with van der Waals surface area (Å²) >= 11 is 0. The summed E-state index contributed by atoms with van der Waals surface area (Å²) in [7, 11) is 6.64. The molecule has 0 aromatic rings. The molecule has 0 atom stereocenters. The Bertz CT molecular complexity index is 255. The number of likely N-dealkylation sites (N-methyl/N-ethyl adjacent to an activating group) is 1. The zero-order valence-electron chi connectivity index (χ0n) is 14.3. The SMILES string of the molecule is CC(C)N1CCN(C)CCN(C(C)C)C1(C)N(C)C. The highest BCUT2D eigenvalue weighted by Crippen LogP contribution is 2.28. The standard InChI is InChI=1S/C15H34N4/c1-13(2)18-11-9-17(8)10-12-19(14(3)4)15(18,5)16(6)7/h13-14H,9-12H2,1-8H3. The third kappa shape index (κ3) is 3.48. The van der Waals surface area contributed by atoms with Gasteiger partial charge >= 0.3 is 0 Å². The molecule has 114 valence electrons. The Kier molecular flexibility index (Phi) is 5.80. The van der Waals surface area contributed by atoms with E-state index < -0.39 is 0 Å². The molecule has 1 saturated heterocycles. The maximum atomic E-state index is 2.63. The van der Waals surface area contributed by atoms with E-state index in [1.165, 1.54) is 0 Å². The van der Waals surface area contributed by atoms with Crippen LogP contribution in [0.5, 0.6) is 0 Å². The zero-order valence-corrected chi connectivity index (χ0v) is 14.3. The van der Waals surface area contributed by atoms with E-state index in [9.17, 15) is 0 Å². The molecule has 0 aromatic heterocycles. The fourth-order valence-electron chi connectivity index (χ4n) is 3.27. The van der Waals surface area contributed by atoms with Crippen molar-refractivity contribution in [3.63, 3.8) is 0 Å². The van der Waals surface area contributed by atoms with E-state index in [4.69, 9.17) is 0 Å². The summed E-state index contributed by atoms with van der Waals surface area (Å²) in [5.41, 5.74) is 0. The van der Waals surface area contributed by atoms with Gasteiger partial charge in [0.25, 0.3) is 0 Å². The van der Waals surface area contributed by atoms with Crippen molar-refractivity contribution >= 4 is 0 Å². The normalized spacial score (nSPS) is 24.2. The third-order valence-electron chi connectivity index (χ3n) is 4.63. The average molecular weight is 270 g/mol. The van der Waals surface area contributed by atoms with Crippen molar-refractivity contribution < 1.29 is 0 Å². The van der Waals surface area contributed by atoms with E-state index in [1.807, 2.05) is 0 Å². The highest BCUT2D eigenvalue weighted by molar-refractivity contribution is 4.90. The molecule has 4 nitrogen and oxygen atoms in total. The van der Waals surface area contributed by atoms with Crippen molar-refractivity contribution in [3.05, 3.63) is 0 Å². The summed E-state index contributed by atoms with van der Waals surface area (Å²) in [5.74, 6) is -0.0103. The smallest absolute Gasteiger partial charge is 0.128 e. The van der Waals surface area contributed by atoms with E-state index in [0.717, 1.165) is 26.2 Å². The second-order valence-corrected chi connectivity index (χ2v) is 6.74. The maximum Gasteiger partial charge on any atom is 0.128 e. The van der Waals surface area contributed by atoms with Crippen LogP contribution in [0.3, 0.4) is 0 Å². The first kappa shape index (κ1) is 16.9. The highest BCUT2D eigenvalue weighted by atomic mass is 15.6. The third-order valence-corrected chi connectivity index (χ3v) is 4.63. The highest BCUT2D eigenvalue weighted by Gasteiger charge is 2.43. The monoisotopic (exact) mass is 270 g/mol. The van der Waals surface area contributed by atoms with Gasteiger partial charge in [0.15, 0.2) is 0 Å². The molecular formula is C15H34N4. The van der Waals surface area contributed by atoms with Crippen LogP contribution in [0.15, 0.2) is 0 Å². The summed E-state index contributed by atoms with van der Waals surface area (Å²) in [5, 5.41) is 0. The van der Waals surface area contributed by atoms with Crippen molar-refractivity contribution in [2.45, 2.75) is 52.5 Å². The Morgan fingerprint density at radius 1 is 0.842 bits per heavy atom. The molecule has 0 N–H and O–H groups in total. The molecule has 4 heteroatoms. The van der Waals surface area contributed by atoms with Gasteiger partial charge in [0.2, 0.25) is 0 Å². The van der Waals surface area contributed by atoms with E-state index in [1.54, 1.807) is 0 Å². The molecule has 0 radical (unpaired) electrons. The number of nitrogens with zero attached hydrogens (tertiary/aromatic N) is 4. The van der Waals surface area contributed by atoms with Crippen molar-refractivity contribution in [1.82, 2.24) is 19.6 Å². The topological polar surface area (TPSA) is 13.0 Å². The predicted molar refractivity (Wildman–Crippen MR) is 83.3 cm³/mol. The molecule has 0 aromatic carbocycles. The Labute approximate surface area is 120 Å². The predicted octanol–water partition coefficient (Wildman–Crippen LogP) is 1.59. The van der Waals surface area contributed by atoms with Crippen LogP contribution < -0.4 is 0 Å². The maximum absolute atomic E-state index is 2.63. The molecule has 0 unspecified atom stereocenters. The van der Waals surface area contributed by atoms with Gasteiger partial charge in [-0.15, -0.1) is 0 Å². The van der Waals surface area contributed by atoms with Crippen molar-refractivity contribution in [3.8, 4) is 0 Å². The molecule has 0 saturated carbocycles. The number of hydrogen-bond donors (Lipinski definition) is 0. The first-order valence-corrected chi connectivity index (χ1v) is 7.60. The van der Waals surface area contributed by atoms with Crippen LogP contribution >= 0.6 is 0 Å². The second kappa shape index (κ2) is 6.53. The lowest BCUT2D eigenvalue weighted by Gasteiger charge is -2.57. The van der Waals surface area contributed by atoms with E-state index in [2.05, 4.69) is 75.4 Å². The molecule has 1 fully saturated rings. The van der Waals surface area contributed by atoms with Gasteiger partial charge in [0, 0.05) is 38.3 Å². The molecule has 1 heterocycles. The Morgan fingerprint density at radius 3 is 1.47 bits per heavy atom.